The fourth-order valence-corrected chi connectivity index (χ4v) is 2.87. The predicted octanol–water partition coefficient (Wildman–Crippen LogP) is 2.12. The molecular formula is C15H23ClN4O. The molecule has 1 aliphatic rings. The second-order valence-corrected chi connectivity index (χ2v) is 5.75. The number of likely N-dealkylation sites (tertiary alicyclic amines) is 1. The van der Waals surface area contributed by atoms with Crippen molar-refractivity contribution in [3.63, 3.8) is 0 Å². The van der Waals surface area contributed by atoms with Crippen LogP contribution in [0.3, 0.4) is 0 Å². The number of rotatable bonds is 5. The van der Waals surface area contributed by atoms with Gasteiger partial charge in [-0.2, -0.15) is 0 Å². The summed E-state index contributed by atoms with van der Waals surface area (Å²) in [6.07, 6.45) is 1.98. The minimum atomic E-state index is 0.0690. The molecule has 1 fully saturated rings. The highest BCUT2D eigenvalue weighted by atomic mass is 35.5. The van der Waals surface area contributed by atoms with E-state index >= 15 is 0 Å². The first-order chi connectivity index (χ1) is 10.1. The maximum Gasteiger partial charge on any atom is 0.224 e. The number of hydrogen-bond donors (Lipinski definition) is 2. The Morgan fingerprint density at radius 2 is 2.33 bits per heavy atom. The molecule has 0 radical (unpaired) electrons. The number of carbonyl (C=O) groups is 1. The summed E-state index contributed by atoms with van der Waals surface area (Å²) >= 11 is 6.25. The maximum atomic E-state index is 11.8. The fourth-order valence-electron chi connectivity index (χ4n) is 2.70. The molecule has 1 atom stereocenters. The summed E-state index contributed by atoms with van der Waals surface area (Å²) in [5.41, 5.74) is 0.868. The first-order valence-corrected chi connectivity index (χ1v) is 7.85. The van der Waals surface area contributed by atoms with Crippen LogP contribution in [0.4, 0.5) is 5.82 Å². The molecule has 1 amide bonds. The summed E-state index contributed by atoms with van der Waals surface area (Å²) in [6, 6.07) is 3.76. The van der Waals surface area contributed by atoms with Gasteiger partial charge in [-0.15, -0.1) is 0 Å². The van der Waals surface area contributed by atoms with Crippen LogP contribution < -0.4 is 10.6 Å². The molecule has 0 aromatic carbocycles. The predicted molar refractivity (Wildman–Crippen MR) is 85.5 cm³/mol. The van der Waals surface area contributed by atoms with E-state index in [1.54, 1.807) is 7.05 Å². The topological polar surface area (TPSA) is 57.3 Å². The maximum absolute atomic E-state index is 11.8. The fraction of sp³-hybridized carbons (Fsp3) is 0.600. The number of aromatic nitrogens is 1. The quantitative estimate of drug-likeness (QED) is 0.875. The number of amides is 1. The third-order valence-electron chi connectivity index (χ3n) is 3.77. The molecule has 1 aromatic rings. The van der Waals surface area contributed by atoms with Crippen molar-refractivity contribution < 1.29 is 4.79 Å². The molecule has 0 spiro atoms. The van der Waals surface area contributed by atoms with Crippen LogP contribution in [0.2, 0.25) is 5.02 Å². The van der Waals surface area contributed by atoms with Crippen LogP contribution in [-0.2, 0) is 11.3 Å². The Bertz CT molecular complexity index is 495. The third-order valence-corrected chi connectivity index (χ3v) is 4.12. The van der Waals surface area contributed by atoms with E-state index in [1.165, 1.54) is 0 Å². The number of pyridine rings is 1. The van der Waals surface area contributed by atoms with Gasteiger partial charge in [0.15, 0.2) is 0 Å². The summed E-state index contributed by atoms with van der Waals surface area (Å²) in [4.78, 5) is 18.6. The van der Waals surface area contributed by atoms with E-state index in [4.69, 9.17) is 11.6 Å². The molecule has 21 heavy (non-hydrogen) atoms. The lowest BCUT2D eigenvalue weighted by Gasteiger charge is -2.31. The zero-order chi connectivity index (χ0) is 15.2. The number of anilines is 1. The smallest absolute Gasteiger partial charge is 0.224 e. The summed E-state index contributed by atoms with van der Waals surface area (Å²) in [6.45, 7) is 5.30. The van der Waals surface area contributed by atoms with Gasteiger partial charge in [-0.1, -0.05) is 11.6 Å². The van der Waals surface area contributed by atoms with Crippen LogP contribution in [-0.4, -0.2) is 42.5 Å². The zero-order valence-electron chi connectivity index (χ0n) is 12.7. The number of nitrogens with zero attached hydrogens (tertiary/aromatic N) is 2. The highest BCUT2D eigenvalue weighted by molar-refractivity contribution is 6.31. The number of halogens is 1. The summed E-state index contributed by atoms with van der Waals surface area (Å²) < 4.78 is 0. The highest BCUT2D eigenvalue weighted by Crippen LogP contribution is 2.22. The highest BCUT2D eigenvalue weighted by Gasteiger charge is 2.25. The molecular weight excluding hydrogens is 288 g/mol. The van der Waals surface area contributed by atoms with E-state index in [2.05, 4.69) is 20.5 Å². The molecule has 116 valence electrons. The van der Waals surface area contributed by atoms with Gasteiger partial charge in [-0.3, -0.25) is 9.69 Å². The van der Waals surface area contributed by atoms with Crippen molar-refractivity contribution in [2.75, 3.05) is 32.0 Å². The van der Waals surface area contributed by atoms with Crippen molar-refractivity contribution >= 4 is 23.3 Å². The Morgan fingerprint density at radius 1 is 1.52 bits per heavy atom. The SMILES string of the molecule is CCNc1ccc(Cl)c(CN2CCCC(C(=O)NC)C2)n1. The lowest BCUT2D eigenvalue weighted by molar-refractivity contribution is -0.126. The van der Waals surface area contributed by atoms with E-state index in [0.717, 1.165) is 44.0 Å². The first kappa shape index (κ1) is 16.0. The molecule has 6 heteroatoms. The van der Waals surface area contributed by atoms with E-state index in [1.807, 2.05) is 19.1 Å². The van der Waals surface area contributed by atoms with Gasteiger partial charge >= 0.3 is 0 Å². The minimum Gasteiger partial charge on any atom is -0.370 e. The Kier molecular flexibility index (Phi) is 5.82. The molecule has 5 nitrogen and oxygen atoms in total. The Morgan fingerprint density at radius 3 is 3.05 bits per heavy atom. The molecule has 2 rings (SSSR count). The standard InChI is InChI=1S/C15H23ClN4O/c1-3-18-14-7-6-12(16)13(19-14)10-20-8-4-5-11(9-20)15(21)17-2/h6-7,11H,3-5,8-10H2,1-2H3,(H,17,21)(H,18,19). The average molecular weight is 311 g/mol. The summed E-state index contributed by atoms with van der Waals surface area (Å²) in [5, 5.41) is 6.61. The van der Waals surface area contributed by atoms with Crippen LogP contribution >= 0.6 is 11.6 Å². The minimum absolute atomic E-state index is 0.0690. The van der Waals surface area contributed by atoms with Crippen molar-refractivity contribution in [1.82, 2.24) is 15.2 Å². The Balaban J connectivity index is 2.03. The number of carbonyl (C=O) groups excluding carboxylic acids is 1. The normalized spacial score (nSPS) is 19.3. The van der Waals surface area contributed by atoms with Crippen LogP contribution in [0.1, 0.15) is 25.5 Å². The van der Waals surface area contributed by atoms with Gasteiger partial charge in [0.25, 0.3) is 0 Å². The van der Waals surface area contributed by atoms with Crippen molar-refractivity contribution in [3.8, 4) is 0 Å². The zero-order valence-corrected chi connectivity index (χ0v) is 13.4. The van der Waals surface area contributed by atoms with Crippen molar-refractivity contribution in [2.45, 2.75) is 26.3 Å². The number of nitrogens with one attached hydrogen (secondary N) is 2. The largest absolute Gasteiger partial charge is 0.370 e. The van der Waals surface area contributed by atoms with E-state index in [-0.39, 0.29) is 11.8 Å². The van der Waals surface area contributed by atoms with Crippen LogP contribution in [0.15, 0.2) is 12.1 Å². The van der Waals surface area contributed by atoms with E-state index < -0.39 is 0 Å². The van der Waals surface area contributed by atoms with Crippen LogP contribution in [0.5, 0.6) is 0 Å². The van der Waals surface area contributed by atoms with Gasteiger partial charge in [0.2, 0.25) is 5.91 Å². The van der Waals surface area contributed by atoms with E-state index in [0.29, 0.717) is 11.6 Å². The molecule has 0 saturated carbocycles. The first-order valence-electron chi connectivity index (χ1n) is 7.47. The molecule has 1 saturated heterocycles. The van der Waals surface area contributed by atoms with Crippen molar-refractivity contribution in [2.24, 2.45) is 5.92 Å². The van der Waals surface area contributed by atoms with Gasteiger partial charge in [0.05, 0.1) is 16.6 Å². The monoisotopic (exact) mass is 310 g/mol. The van der Waals surface area contributed by atoms with Crippen LogP contribution in [0, 0.1) is 5.92 Å². The second-order valence-electron chi connectivity index (χ2n) is 5.34. The molecule has 0 aliphatic carbocycles. The third kappa shape index (κ3) is 4.32. The Labute approximate surface area is 131 Å². The molecule has 1 aromatic heterocycles. The lowest BCUT2D eigenvalue weighted by Crippen LogP contribution is -2.41. The van der Waals surface area contributed by atoms with Gasteiger partial charge in [-0.05, 0) is 38.4 Å². The van der Waals surface area contributed by atoms with Gasteiger partial charge in [-0.25, -0.2) is 4.98 Å². The molecule has 2 heterocycles. The van der Waals surface area contributed by atoms with Gasteiger partial charge < -0.3 is 10.6 Å². The molecule has 2 N–H and O–H groups in total. The van der Waals surface area contributed by atoms with Gasteiger partial charge in [0, 0.05) is 26.7 Å². The lowest BCUT2D eigenvalue weighted by atomic mass is 9.97. The number of hydrogen-bond acceptors (Lipinski definition) is 4. The van der Waals surface area contributed by atoms with Crippen molar-refractivity contribution in [3.05, 3.63) is 22.8 Å². The summed E-state index contributed by atoms with van der Waals surface area (Å²) in [7, 11) is 1.69. The average Bonchev–Trinajstić information content (AvgIpc) is 2.50. The second kappa shape index (κ2) is 7.61. The van der Waals surface area contributed by atoms with Crippen molar-refractivity contribution in [1.29, 1.82) is 0 Å². The number of piperidine rings is 1. The Hall–Kier alpha value is -1.33. The molecule has 0 bridgehead atoms. The van der Waals surface area contributed by atoms with E-state index in [9.17, 15) is 4.79 Å². The molecule has 1 unspecified atom stereocenters. The molecule has 1 aliphatic heterocycles. The summed E-state index contributed by atoms with van der Waals surface area (Å²) in [5.74, 6) is 1.04. The van der Waals surface area contributed by atoms with Gasteiger partial charge in [0.1, 0.15) is 5.82 Å². The van der Waals surface area contributed by atoms with Crippen LogP contribution in [0.25, 0.3) is 0 Å².